The van der Waals surface area contributed by atoms with Crippen molar-refractivity contribution in [1.29, 1.82) is 0 Å². The first kappa shape index (κ1) is 19.7. The number of benzene rings is 1. The summed E-state index contributed by atoms with van der Waals surface area (Å²) in [6, 6.07) is 7.12. The molecule has 132 valence electrons. The molecule has 6 heteroatoms. The SMILES string of the molecule is CN(C)C(=O)c1ccc(CNC(=O)CCNC(=O)C(C)(C)C)cc1. The zero-order chi connectivity index (χ0) is 18.3. The number of amides is 3. The minimum absolute atomic E-state index is 0.0554. The summed E-state index contributed by atoms with van der Waals surface area (Å²) in [5.41, 5.74) is 1.07. The summed E-state index contributed by atoms with van der Waals surface area (Å²) in [4.78, 5) is 36.8. The number of nitrogens with zero attached hydrogens (tertiary/aromatic N) is 1. The van der Waals surface area contributed by atoms with Crippen molar-refractivity contribution in [3.05, 3.63) is 35.4 Å². The van der Waals surface area contributed by atoms with E-state index in [1.807, 2.05) is 32.9 Å². The van der Waals surface area contributed by atoms with E-state index in [9.17, 15) is 14.4 Å². The average molecular weight is 333 g/mol. The van der Waals surface area contributed by atoms with Gasteiger partial charge in [0.2, 0.25) is 11.8 Å². The molecule has 6 nitrogen and oxygen atoms in total. The van der Waals surface area contributed by atoms with E-state index in [1.165, 1.54) is 4.90 Å². The van der Waals surface area contributed by atoms with E-state index in [-0.39, 0.29) is 24.1 Å². The first-order valence-corrected chi connectivity index (χ1v) is 7.97. The molecule has 0 unspecified atom stereocenters. The first-order chi connectivity index (χ1) is 11.1. The smallest absolute Gasteiger partial charge is 0.253 e. The van der Waals surface area contributed by atoms with Crippen LogP contribution in [0.3, 0.4) is 0 Å². The van der Waals surface area contributed by atoms with Crippen LogP contribution in [0.15, 0.2) is 24.3 Å². The molecule has 0 radical (unpaired) electrons. The zero-order valence-corrected chi connectivity index (χ0v) is 15.1. The van der Waals surface area contributed by atoms with E-state index in [0.717, 1.165) is 5.56 Å². The van der Waals surface area contributed by atoms with Crippen LogP contribution in [0, 0.1) is 5.41 Å². The molecule has 3 amide bonds. The van der Waals surface area contributed by atoms with E-state index in [4.69, 9.17) is 0 Å². The van der Waals surface area contributed by atoms with Gasteiger partial charge in [-0.1, -0.05) is 32.9 Å². The Balaban J connectivity index is 2.37. The van der Waals surface area contributed by atoms with Gasteiger partial charge in [0.05, 0.1) is 0 Å². The lowest BCUT2D eigenvalue weighted by Crippen LogP contribution is -2.37. The fourth-order valence-corrected chi connectivity index (χ4v) is 1.87. The Morgan fingerprint density at radius 1 is 1.00 bits per heavy atom. The van der Waals surface area contributed by atoms with Crippen molar-refractivity contribution >= 4 is 17.7 Å². The Labute approximate surface area is 143 Å². The van der Waals surface area contributed by atoms with Gasteiger partial charge >= 0.3 is 0 Å². The minimum atomic E-state index is -0.456. The van der Waals surface area contributed by atoms with Gasteiger partial charge in [-0.3, -0.25) is 14.4 Å². The molecule has 2 N–H and O–H groups in total. The second kappa shape index (κ2) is 8.47. The molecule has 0 heterocycles. The summed E-state index contributed by atoms with van der Waals surface area (Å²) in [6.45, 7) is 6.19. The second-order valence-electron chi connectivity index (χ2n) is 6.93. The van der Waals surface area contributed by atoms with Gasteiger partial charge in [-0.2, -0.15) is 0 Å². The number of nitrogens with one attached hydrogen (secondary N) is 2. The number of carbonyl (C=O) groups excluding carboxylic acids is 3. The van der Waals surface area contributed by atoms with Gasteiger partial charge in [0.15, 0.2) is 0 Å². The van der Waals surface area contributed by atoms with Crippen LogP contribution in [0.25, 0.3) is 0 Å². The maximum Gasteiger partial charge on any atom is 0.253 e. The van der Waals surface area contributed by atoms with E-state index in [2.05, 4.69) is 10.6 Å². The van der Waals surface area contributed by atoms with Gasteiger partial charge in [0.1, 0.15) is 0 Å². The molecular formula is C18H27N3O3. The molecule has 1 aromatic rings. The van der Waals surface area contributed by atoms with Crippen LogP contribution >= 0.6 is 0 Å². The third-order valence-electron chi connectivity index (χ3n) is 3.42. The van der Waals surface area contributed by atoms with E-state index >= 15 is 0 Å². The summed E-state index contributed by atoms with van der Waals surface area (Å²) in [5.74, 6) is -0.255. The van der Waals surface area contributed by atoms with Crippen LogP contribution in [0.4, 0.5) is 0 Å². The van der Waals surface area contributed by atoms with E-state index in [0.29, 0.717) is 18.7 Å². The molecular weight excluding hydrogens is 306 g/mol. The molecule has 1 rings (SSSR count). The van der Waals surface area contributed by atoms with Crippen molar-refractivity contribution in [3.8, 4) is 0 Å². The number of carbonyl (C=O) groups is 3. The topological polar surface area (TPSA) is 78.5 Å². The Morgan fingerprint density at radius 2 is 1.58 bits per heavy atom. The van der Waals surface area contributed by atoms with Crippen LogP contribution in [-0.4, -0.2) is 43.3 Å². The van der Waals surface area contributed by atoms with Crippen LogP contribution in [0.2, 0.25) is 0 Å². The summed E-state index contributed by atoms with van der Waals surface area (Å²) in [5, 5.41) is 5.54. The predicted octanol–water partition coefficient (Wildman–Crippen LogP) is 1.56. The maximum atomic E-state index is 11.8. The molecule has 0 aliphatic carbocycles. The maximum absolute atomic E-state index is 11.8. The third-order valence-corrected chi connectivity index (χ3v) is 3.42. The second-order valence-corrected chi connectivity index (χ2v) is 6.93. The van der Waals surface area contributed by atoms with Crippen LogP contribution < -0.4 is 10.6 Å². The lowest BCUT2D eigenvalue weighted by molar-refractivity contribution is -0.128. The van der Waals surface area contributed by atoms with Gasteiger partial charge in [0, 0.05) is 44.6 Å². The Bertz CT molecular complexity index is 587. The van der Waals surface area contributed by atoms with Gasteiger partial charge in [0.25, 0.3) is 5.91 Å². The first-order valence-electron chi connectivity index (χ1n) is 7.97. The highest BCUT2D eigenvalue weighted by Crippen LogP contribution is 2.12. The lowest BCUT2D eigenvalue weighted by atomic mass is 9.96. The Kier molecular flexibility index (Phi) is 6.95. The van der Waals surface area contributed by atoms with Crippen LogP contribution in [0.1, 0.15) is 43.1 Å². The number of hydrogen-bond donors (Lipinski definition) is 2. The van der Waals surface area contributed by atoms with Crippen molar-refractivity contribution in [2.24, 2.45) is 5.41 Å². The Hall–Kier alpha value is -2.37. The minimum Gasteiger partial charge on any atom is -0.355 e. The molecule has 0 saturated heterocycles. The highest BCUT2D eigenvalue weighted by molar-refractivity contribution is 5.93. The number of hydrogen-bond acceptors (Lipinski definition) is 3. The molecule has 1 aromatic carbocycles. The summed E-state index contributed by atoms with van der Waals surface area (Å²) >= 11 is 0. The van der Waals surface area contributed by atoms with Gasteiger partial charge in [-0.25, -0.2) is 0 Å². The van der Waals surface area contributed by atoms with Crippen molar-refractivity contribution in [2.75, 3.05) is 20.6 Å². The van der Waals surface area contributed by atoms with E-state index < -0.39 is 5.41 Å². The fourth-order valence-electron chi connectivity index (χ4n) is 1.87. The standard InChI is InChI=1S/C18H27N3O3/c1-18(2,3)17(24)19-11-10-15(22)20-12-13-6-8-14(9-7-13)16(23)21(4)5/h6-9H,10-12H2,1-5H3,(H,19,24)(H,20,22). The predicted molar refractivity (Wildman–Crippen MR) is 93.4 cm³/mol. The molecule has 0 bridgehead atoms. The summed E-state index contributed by atoms with van der Waals surface area (Å²) in [7, 11) is 3.41. The average Bonchev–Trinajstić information content (AvgIpc) is 2.51. The van der Waals surface area contributed by atoms with Crippen molar-refractivity contribution < 1.29 is 14.4 Å². The molecule has 0 aliphatic heterocycles. The molecule has 0 aliphatic rings. The Morgan fingerprint density at radius 3 is 2.08 bits per heavy atom. The fraction of sp³-hybridized carbons (Fsp3) is 0.500. The quantitative estimate of drug-likeness (QED) is 0.829. The van der Waals surface area contributed by atoms with Crippen molar-refractivity contribution in [1.82, 2.24) is 15.5 Å². The molecule has 0 spiro atoms. The summed E-state index contributed by atoms with van der Waals surface area (Å²) < 4.78 is 0. The summed E-state index contributed by atoms with van der Waals surface area (Å²) in [6.07, 6.45) is 0.235. The molecule has 0 fully saturated rings. The third kappa shape index (κ3) is 6.40. The zero-order valence-electron chi connectivity index (χ0n) is 15.1. The lowest BCUT2D eigenvalue weighted by Gasteiger charge is -2.17. The van der Waals surface area contributed by atoms with Crippen molar-refractivity contribution in [2.45, 2.75) is 33.7 Å². The van der Waals surface area contributed by atoms with E-state index in [1.54, 1.807) is 26.2 Å². The van der Waals surface area contributed by atoms with Crippen molar-refractivity contribution in [3.63, 3.8) is 0 Å². The van der Waals surface area contributed by atoms with Gasteiger partial charge in [-0.05, 0) is 17.7 Å². The van der Waals surface area contributed by atoms with Crippen LogP contribution in [-0.2, 0) is 16.1 Å². The highest BCUT2D eigenvalue weighted by atomic mass is 16.2. The molecule has 24 heavy (non-hydrogen) atoms. The van der Waals surface area contributed by atoms with Gasteiger partial charge < -0.3 is 15.5 Å². The molecule has 0 saturated carbocycles. The normalized spacial score (nSPS) is 10.9. The highest BCUT2D eigenvalue weighted by Gasteiger charge is 2.20. The van der Waals surface area contributed by atoms with Gasteiger partial charge in [-0.15, -0.1) is 0 Å². The number of rotatable bonds is 6. The molecule has 0 atom stereocenters. The van der Waals surface area contributed by atoms with Crippen LogP contribution in [0.5, 0.6) is 0 Å². The largest absolute Gasteiger partial charge is 0.355 e. The molecule has 0 aromatic heterocycles. The monoisotopic (exact) mass is 333 g/mol.